The highest BCUT2D eigenvalue weighted by Gasteiger charge is 2.34. The third-order valence-corrected chi connectivity index (χ3v) is 4.58. The molecule has 1 aromatic carbocycles. The van der Waals surface area contributed by atoms with Gasteiger partial charge in [0, 0.05) is 12.1 Å². The first-order valence-electron chi connectivity index (χ1n) is 5.88. The van der Waals surface area contributed by atoms with E-state index in [1.165, 1.54) is 0 Å². The maximum Gasteiger partial charge on any atom is 0.285 e. The van der Waals surface area contributed by atoms with Crippen LogP contribution in [-0.4, -0.2) is 45.0 Å². The predicted molar refractivity (Wildman–Crippen MR) is 67.2 cm³/mol. The van der Waals surface area contributed by atoms with Crippen LogP contribution in [0.1, 0.15) is 12.5 Å². The van der Waals surface area contributed by atoms with E-state index in [1.807, 2.05) is 17.9 Å². The number of benzene rings is 1. The molecule has 0 unspecified atom stereocenters. The van der Waals surface area contributed by atoms with E-state index in [9.17, 15) is 8.42 Å². The molecule has 0 saturated carbocycles. The van der Waals surface area contributed by atoms with E-state index in [-0.39, 0.29) is 6.04 Å². The fourth-order valence-corrected chi connectivity index (χ4v) is 3.55. The Morgan fingerprint density at radius 2 is 2.17 bits per heavy atom. The van der Waals surface area contributed by atoms with Crippen molar-refractivity contribution in [2.24, 2.45) is 4.40 Å². The SMILES string of the molecule is C[C@H]1COCCN1C1=NS(=O)(=O)c2ccccc21. The Morgan fingerprint density at radius 3 is 2.94 bits per heavy atom. The highest BCUT2D eigenvalue weighted by atomic mass is 32.2. The van der Waals surface area contributed by atoms with Gasteiger partial charge in [0.15, 0.2) is 5.84 Å². The second-order valence-electron chi connectivity index (χ2n) is 4.50. The summed E-state index contributed by atoms with van der Waals surface area (Å²) in [7, 11) is -3.52. The Labute approximate surface area is 106 Å². The van der Waals surface area contributed by atoms with Gasteiger partial charge in [-0.05, 0) is 19.1 Å². The van der Waals surface area contributed by atoms with E-state index >= 15 is 0 Å². The van der Waals surface area contributed by atoms with E-state index in [2.05, 4.69) is 4.40 Å². The van der Waals surface area contributed by atoms with Crippen LogP contribution in [0.25, 0.3) is 0 Å². The van der Waals surface area contributed by atoms with Crippen molar-refractivity contribution in [2.75, 3.05) is 19.8 Å². The van der Waals surface area contributed by atoms with Crippen molar-refractivity contribution in [3.8, 4) is 0 Å². The molecule has 0 bridgehead atoms. The van der Waals surface area contributed by atoms with Gasteiger partial charge < -0.3 is 9.64 Å². The van der Waals surface area contributed by atoms with Crippen molar-refractivity contribution in [1.29, 1.82) is 0 Å². The first-order chi connectivity index (χ1) is 8.59. The van der Waals surface area contributed by atoms with E-state index in [0.29, 0.717) is 36.1 Å². The molecular formula is C12H14N2O3S. The van der Waals surface area contributed by atoms with Crippen molar-refractivity contribution in [3.05, 3.63) is 29.8 Å². The van der Waals surface area contributed by atoms with Crippen LogP contribution in [0.5, 0.6) is 0 Å². The summed E-state index contributed by atoms with van der Waals surface area (Å²) in [6.07, 6.45) is 0. The first-order valence-corrected chi connectivity index (χ1v) is 7.32. The van der Waals surface area contributed by atoms with Crippen molar-refractivity contribution in [2.45, 2.75) is 17.9 Å². The Kier molecular flexibility index (Phi) is 2.64. The topological polar surface area (TPSA) is 59.0 Å². The van der Waals surface area contributed by atoms with Gasteiger partial charge in [-0.15, -0.1) is 4.40 Å². The van der Waals surface area contributed by atoms with E-state index in [4.69, 9.17) is 4.74 Å². The molecule has 3 rings (SSSR count). The normalized spacial score (nSPS) is 25.7. The largest absolute Gasteiger partial charge is 0.377 e. The summed E-state index contributed by atoms with van der Waals surface area (Å²) in [5, 5.41) is 0. The molecule has 0 spiro atoms. The van der Waals surface area contributed by atoms with Gasteiger partial charge in [-0.2, -0.15) is 8.42 Å². The molecule has 5 nitrogen and oxygen atoms in total. The minimum absolute atomic E-state index is 0.138. The van der Waals surface area contributed by atoms with Crippen LogP contribution in [-0.2, 0) is 14.8 Å². The number of fused-ring (bicyclic) bond motifs is 1. The van der Waals surface area contributed by atoms with Gasteiger partial charge in [0.2, 0.25) is 0 Å². The van der Waals surface area contributed by atoms with Gasteiger partial charge >= 0.3 is 0 Å². The van der Waals surface area contributed by atoms with Crippen LogP contribution in [0, 0.1) is 0 Å². The Hall–Kier alpha value is -1.40. The fourth-order valence-electron chi connectivity index (χ4n) is 2.34. The predicted octanol–water partition coefficient (Wildman–Crippen LogP) is 0.856. The van der Waals surface area contributed by atoms with E-state index in [1.54, 1.807) is 18.2 Å². The first kappa shape index (κ1) is 11.7. The summed E-state index contributed by atoms with van der Waals surface area (Å²) in [5.74, 6) is 0.557. The highest BCUT2D eigenvalue weighted by Crippen LogP contribution is 2.28. The molecular weight excluding hydrogens is 252 g/mol. The number of sulfonamides is 1. The summed E-state index contributed by atoms with van der Waals surface area (Å²) < 4.78 is 33.2. The Balaban J connectivity index is 2.09. The molecule has 18 heavy (non-hydrogen) atoms. The van der Waals surface area contributed by atoms with E-state index in [0.717, 1.165) is 0 Å². The molecule has 0 radical (unpaired) electrons. The third kappa shape index (κ3) is 1.72. The molecule has 6 heteroatoms. The number of nitrogens with zero attached hydrogens (tertiary/aromatic N) is 2. The molecule has 1 saturated heterocycles. The van der Waals surface area contributed by atoms with Crippen LogP contribution in [0.4, 0.5) is 0 Å². The molecule has 96 valence electrons. The van der Waals surface area contributed by atoms with Crippen molar-refractivity contribution in [3.63, 3.8) is 0 Å². The van der Waals surface area contributed by atoms with Gasteiger partial charge in [0.05, 0.1) is 19.3 Å². The number of morpholine rings is 1. The molecule has 0 amide bonds. The lowest BCUT2D eigenvalue weighted by molar-refractivity contribution is 0.0336. The molecule has 1 atom stereocenters. The summed E-state index contributed by atoms with van der Waals surface area (Å²) in [4.78, 5) is 2.31. The van der Waals surface area contributed by atoms with E-state index < -0.39 is 10.0 Å². The molecule has 1 fully saturated rings. The van der Waals surface area contributed by atoms with Gasteiger partial charge in [-0.25, -0.2) is 0 Å². The second kappa shape index (κ2) is 4.07. The zero-order chi connectivity index (χ0) is 12.8. The number of hydrogen-bond donors (Lipinski definition) is 0. The van der Waals surface area contributed by atoms with Crippen LogP contribution in [0.15, 0.2) is 33.6 Å². The highest BCUT2D eigenvalue weighted by molar-refractivity contribution is 7.90. The zero-order valence-electron chi connectivity index (χ0n) is 10.0. The van der Waals surface area contributed by atoms with Crippen LogP contribution in [0.3, 0.4) is 0 Å². The molecule has 0 aromatic heterocycles. The number of rotatable bonds is 0. The van der Waals surface area contributed by atoms with Crippen LogP contribution < -0.4 is 0 Å². The third-order valence-electron chi connectivity index (χ3n) is 3.25. The lowest BCUT2D eigenvalue weighted by atomic mass is 10.1. The van der Waals surface area contributed by atoms with Gasteiger partial charge in [-0.1, -0.05) is 12.1 Å². The van der Waals surface area contributed by atoms with Gasteiger partial charge in [-0.3, -0.25) is 0 Å². The molecule has 2 heterocycles. The Bertz CT molecular complexity index is 610. The molecule has 2 aliphatic heterocycles. The average molecular weight is 266 g/mol. The second-order valence-corrected chi connectivity index (χ2v) is 6.08. The number of ether oxygens (including phenoxy) is 1. The summed E-state index contributed by atoms with van der Waals surface area (Å²) >= 11 is 0. The molecule has 2 aliphatic rings. The number of amidine groups is 1. The maximum atomic E-state index is 12.0. The minimum atomic E-state index is -3.52. The fraction of sp³-hybridized carbons (Fsp3) is 0.417. The number of hydrogen-bond acceptors (Lipinski definition) is 4. The molecule has 0 aliphatic carbocycles. The summed E-state index contributed by atoms with van der Waals surface area (Å²) in [5.41, 5.74) is 0.700. The van der Waals surface area contributed by atoms with Crippen molar-refractivity contribution < 1.29 is 13.2 Å². The lowest BCUT2D eigenvalue weighted by Crippen LogP contribution is -2.47. The quantitative estimate of drug-likeness (QED) is 0.698. The summed E-state index contributed by atoms with van der Waals surface area (Å²) in [6, 6.07) is 7.10. The molecule has 0 N–H and O–H groups in total. The Morgan fingerprint density at radius 1 is 1.39 bits per heavy atom. The van der Waals surface area contributed by atoms with Gasteiger partial charge in [0.25, 0.3) is 10.0 Å². The van der Waals surface area contributed by atoms with Gasteiger partial charge in [0.1, 0.15) is 4.90 Å². The zero-order valence-corrected chi connectivity index (χ0v) is 10.9. The average Bonchev–Trinajstić information content (AvgIpc) is 2.63. The van der Waals surface area contributed by atoms with Crippen LogP contribution >= 0.6 is 0 Å². The lowest BCUT2D eigenvalue weighted by Gasteiger charge is -2.34. The smallest absolute Gasteiger partial charge is 0.285 e. The standard InChI is InChI=1S/C12H14N2O3S/c1-9-8-17-7-6-14(9)12-10-4-2-3-5-11(10)18(15,16)13-12/h2-5,9H,6-8H2,1H3/t9-/m0/s1. The molecule has 1 aromatic rings. The monoisotopic (exact) mass is 266 g/mol. The summed E-state index contributed by atoms with van der Waals surface area (Å²) in [6.45, 7) is 3.88. The van der Waals surface area contributed by atoms with Crippen molar-refractivity contribution in [1.82, 2.24) is 4.90 Å². The van der Waals surface area contributed by atoms with Crippen LogP contribution in [0.2, 0.25) is 0 Å². The maximum absolute atomic E-state index is 12.0. The van der Waals surface area contributed by atoms with Crippen molar-refractivity contribution >= 4 is 15.9 Å². The minimum Gasteiger partial charge on any atom is -0.377 e.